The molecule has 66 valence electrons. The van der Waals surface area contributed by atoms with E-state index >= 15 is 0 Å². The fourth-order valence-electron chi connectivity index (χ4n) is 1.68. The van der Waals surface area contributed by atoms with Gasteiger partial charge in [-0.05, 0) is 48.9 Å². The standard InChI is InChI=1S/C12H13N/c1-8-6-11-4-5-13-7-12(11)10(3)9(8)2/h4-7H,1-3H3. The lowest BCUT2D eigenvalue weighted by molar-refractivity contribution is 1.28. The minimum Gasteiger partial charge on any atom is -0.264 e. The smallest absolute Gasteiger partial charge is 0.0349 e. The Bertz CT molecular complexity index is 458. The highest BCUT2D eigenvalue weighted by atomic mass is 14.6. The summed E-state index contributed by atoms with van der Waals surface area (Å²) in [5, 5.41) is 2.56. The number of fused-ring (bicyclic) bond motifs is 1. The average molecular weight is 171 g/mol. The Kier molecular flexibility index (Phi) is 1.80. The van der Waals surface area contributed by atoms with Crippen molar-refractivity contribution in [1.29, 1.82) is 0 Å². The lowest BCUT2D eigenvalue weighted by Crippen LogP contribution is -1.88. The van der Waals surface area contributed by atoms with E-state index in [4.69, 9.17) is 0 Å². The third-order valence-corrected chi connectivity index (χ3v) is 2.78. The first kappa shape index (κ1) is 8.24. The van der Waals surface area contributed by atoms with E-state index in [9.17, 15) is 0 Å². The van der Waals surface area contributed by atoms with Crippen LogP contribution in [0.5, 0.6) is 0 Å². The summed E-state index contributed by atoms with van der Waals surface area (Å²) in [7, 11) is 0. The van der Waals surface area contributed by atoms with Crippen LogP contribution in [-0.2, 0) is 0 Å². The van der Waals surface area contributed by atoms with Gasteiger partial charge in [-0.3, -0.25) is 4.98 Å². The van der Waals surface area contributed by atoms with Gasteiger partial charge in [-0.1, -0.05) is 6.07 Å². The molecule has 0 atom stereocenters. The number of aromatic nitrogens is 1. The molecular formula is C12H13N. The summed E-state index contributed by atoms with van der Waals surface area (Å²) in [5.41, 5.74) is 4.08. The van der Waals surface area contributed by atoms with Crippen molar-refractivity contribution in [3.63, 3.8) is 0 Å². The summed E-state index contributed by atoms with van der Waals surface area (Å²) in [6, 6.07) is 4.29. The molecule has 0 amide bonds. The molecule has 1 aromatic heterocycles. The Labute approximate surface area is 78.4 Å². The van der Waals surface area contributed by atoms with Crippen molar-refractivity contribution in [1.82, 2.24) is 4.98 Å². The van der Waals surface area contributed by atoms with Crippen molar-refractivity contribution in [2.45, 2.75) is 20.8 Å². The van der Waals surface area contributed by atoms with Gasteiger partial charge in [-0.2, -0.15) is 0 Å². The molecule has 2 rings (SSSR count). The normalized spacial score (nSPS) is 10.7. The van der Waals surface area contributed by atoms with Crippen LogP contribution in [0.15, 0.2) is 24.5 Å². The lowest BCUT2D eigenvalue weighted by atomic mass is 9.98. The van der Waals surface area contributed by atoms with Crippen LogP contribution < -0.4 is 0 Å². The molecule has 0 spiro atoms. The van der Waals surface area contributed by atoms with E-state index < -0.39 is 0 Å². The van der Waals surface area contributed by atoms with Gasteiger partial charge in [-0.15, -0.1) is 0 Å². The number of hydrogen-bond donors (Lipinski definition) is 0. The van der Waals surface area contributed by atoms with Crippen LogP contribution >= 0.6 is 0 Å². The quantitative estimate of drug-likeness (QED) is 0.593. The summed E-state index contributed by atoms with van der Waals surface area (Å²) in [4.78, 5) is 4.14. The molecule has 0 unspecified atom stereocenters. The van der Waals surface area contributed by atoms with Gasteiger partial charge in [-0.25, -0.2) is 0 Å². The molecule has 0 aliphatic rings. The second-order valence-corrected chi connectivity index (χ2v) is 3.54. The van der Waals surface area contributed by atoms with Gasteiger partial charge in [0, 0.05) is 17.8 Å². The number of nitrogens with zero attached hydrogens (tertiary/aromatic N) is 1. The molecule has 1 heteroatoms. The fraction of sp³-hybridized carbons (Fsp3) is 0.250. The molecule has 0 saturated carbocycles. The molecule has 1 nitrogen and oxygen atoms in total. The first-order valence-corrected chi connectivity index (χ1v) is 4.50. The van der Waals surface area contributed by atoms with Crippen LogP contribution in [0.2, 0.25) is 0 Å². The largest absolute Gasteiger partial charge is 0.264 e. The molecule has 0 saturated heterocycles. The Hall–Kier alpha value is -1.37. The third-order valence-electron chi connectivity index (χ3n) is 2.78. The molecule has 0 radical (unpaired) electrons. The minimum absolute atomic E-state index is 1.27. The predicted molar refractivity (Wildman–Crippen MR) is 56.0 cm³/mol. The second kappa shape index (κ2) is 2.84. The van der Waals surface area contributed by atoms with Gasteiger partial charge >= 0.3 is 0 Å². The number of pyridine rings is 1. The molecule has 0 aliphatic carbocycles. The average Bonchev–Trinajstić information content (AvgIpc) is 2.15. The van der Waals surface area contributed by atoms with Gasteiger partial charge in [0.15, 0.2) is 0 Å². The summed E-state index contributed by atoms with van der Waals surface area (Å²) >= 11 is 0. The highest BCUT2D eigenvalue weighted by Gasteiger charge is 2.02. The third kappa shape index (κ3) is 1.21. The summed E-state index contributed by atoms with van der Waals surface area (Å²) in [6.07, 6.45) is 3.79. The van der Waals surface area contributed by atoms with Crippen molar-refractivity contribution in [3.05, 3.63) is 41.2 Å². The van der Waals surface area contributed by atoms with Crippen molar-refractivity contribution in [3.8, 4) is 0 Å². The van der Waals surface area contributed by atoms with E-state index in [0.717, 1.165) is 0 Å². The maximum absolute atomic E-state index is 4.14. The fourth-order valence-corrected chi connectivity index (χ4v) is 1.68. The Balaban J connectivity index is 2.94. The maximum atomic E-state index is 4.14. The zero-order chi connectivity index (χ0) is 9.42. The zero-order valence-corrected chi connectivity index (χ0v) is 8.26. The molecule has 1 heterocycles. The molecule has 0 aliphatic heterocycles. The first-order chi connectivity index (χ1) is 6.20. The Morgan fingerprint density at radius 2 is 1.85 bits per heavy atom. The molecule has 0 bridgehead atoms. The molecule has 1 aromatic carbocycles. The Morgan fingerprint density at radius 3 is 2.62 bits per heavy atom. The van der Waals surface area contributed by atoms with Crippen LogP contribution in [0.25, 0.3) is 10.8 Å². The van der Waals surface area contributed by atoms with Crippen molar-refractivity contribution >= 4 is 10.8 Å². The Morgan fingerprint density at radius 1 is 1.08 bits per heavy atom. The zero-order valence-electron chi connectivity index (χ0n) is 8.26. The monoisotopic (exact) mass is 171 g/mol. The number of benzene rings is 1. The SMILES string of the molecule is Cc1cc2ccncc2c(C)c1C. The van der Waals surface area contributed by atoms with Gasteiger partial charge < -0.3 is 0 Å². The first-order valence-electron chi connectivity index (χ1n) is 4.50. The van der Waals surface area contributed by atoms with Crippen LogP contribution in [0.4, 0.5) is 0 Å². The molecule has 13 heavy (non-hydrogen) atoms. The van der Waals surface area contributed by atoms with Crippen molar-refractivity contribution < 1.29 is 0 Å². The van der Waals surface area contributed by atoms with Gasteiger partial charge in [0.1, 0.15) is 0 Å². The van der Waals surface area contributed by atoms with Crippen molar-refractivity contribution in [2.24, 2.45) is 0 Å². The summed E-state index contributed by atoms with van der Waals surface area (Å²) in [5.74, 6) is 0. The maximum Gasteiger partial charge on any atom is 0.0349 e. The highest BCUT2D eigenvalue weighted by molar-refractivity contribution is 5.86. The predicted octanol–water partition coefficient (Wildman–Crippen LogP) is 3.16. The van der Waals surface area contributed by atoms with E-state index in [0.29, 0.717) is 0 Å². The minimum atomic E-state index is 1.27. The molecule has 0 fully saturated rings. The molecule has 0 N–H and O–H groups in total. The highest BCUT2D eigenvalue weighted by Crippen LogP contribution is 2.23. The van der Waals surface area contributed by atoms with Crippen LogP contribution in [0, 0.1) is 20.8 Å². The van der Waals surface area contributed by atoms with Crippen molar-refractivity contribution in [2.75, 3.05) is 0 Å². The van der Waals surface area contributed by atoms with Gasteiger partial charge in [0.05, 0.1) is 0 Å². The molecular weight excluding hydrogens is 158 g/mol. The second-order valence-electron chi connectivity index (χ2n) is 3.54. The van der Waals surface area contributed by atoms with E-state index in [1.54, 1.807) is 0 Å². The number of hydrogen-bond acceptors (Lipinski definition) is 1. The summed E-state index contributed by atoms with van der Waals surface area (Å²) < 4.78 is 0. The number of aryl methyl sites for hydroxylation is 2. The van der Waals surface area contributed by atoms with E-state index in [1.807, 2.05) is 12.4 Å². The van der Waals surface area contributed by atoms with E-state index in [-0.39, 0.29) is 0 Å². The summed E-state index contributed by atoms with van der Waals surface area (Å²) in [6.45, 7) is 6.48. The van der Waals surface area contributed by atoms with Crippen LogP contribution in [-0.4, -0.2) is 4.98 Å². The lowest BCUT2D eigenvalue weighted by Gasteiger charge is -2.08. The molecule has 2 aromatic rings. The van der Waals surface area contributed by atoms with Crippen LogP contribution in [0.3, 0.4) is 0 Å². The van der Waals surface area contributed by atoms with Gasteiger partial charge in [0.25, 0.3) is 0 Å². The van der Waals surface area contributed by atoms with Gasteiger partial charge in [0.2, 0.25) is 0 Å². The van der Waals surface area contributed by atoms with E-state index in [2.05, 4.69) is 37.9 Å². The topological polar surface area (TPSA) is 12.9 Å². The van der Waals surface area contributed by atoms with E-state index in [1.165, 1.54) is 27.5 Å². The number of rotatable bonds is 0. The van der Waals surface area contributed by atoms with Crippen LogP contribution in [0.1, 0.15) is 16.7 Å².